The van der Waals surface area contributed by atoms with Crippen molar-refractivity contribution >= 4 is 8.24 Å². The molecule has 1 heterocycles. The molecule has 1 aliphatic heterocycles. The van der Waals surface area contributed by atoms with Gasteiger partial charge in [-0.3, -0.25) is 0 Å². The van der Waals surface area contributed by atoms with Crippen molar-refractivity contribution in [1.82, 2.24) is 9.88 Å². The third kappa shape index (κ3) is 7.47. The van der Waals surface area contributed by atoms with Gasteiger partial charge in [0.05, 0.1) is 0 Å². The molecule has 2 nitrogen and oxygen atoms in total. The van der Waals surface area contributed by atoms with E-state index in [4.69, 9.17) is 0 Å². The van der Waals surface area contributed by atoms with E-state index in [0.29, 0.717) is 0 Å². The van der Waals surface area contributed by atoms with Crippen molar-refractivity contribution in [2.24, 2.45) is 0 Å². The van der Waals surface area contributed by atoms with Crippen LogP contribution in [0.3, 0.4) is 0 Å². The van der Waals surface area contributed by atoms with Crippen molar-refractivity contribution in [2.45, 2.75) is 77.4 Å². The zero-order valence-corrected chi connectivity index (χ0v) is 14.6. The topological polar surface area (TPSA) is 15.3 Å². The molecular formula is C16H36N2Si. The molecule has 1 fully saturated rings. The molecule has 0 aromatic carbocycles. The number of hydrogen-bond acceptors (Lipinski definition) is 2. The van der Waals surface area contributed by atoms with E-state index in [1.807, 2.05) is 0 Å². The Kier molecular flexibility index (Phi) is 9.00. The van der Waals surface area contributed by atoms with Crippen LogP contribution in [0.2, 0.25) is 19.1 Å². The van der Waals surface area contributed by atoms with Gasteiger partial charge in [0.25, 0.3) is 0 Å². The van der Waals surface area contributed by atoms with Crippen LogP contribution in [0.5, 0.6) is 0 Å². The Labute approximate surface area is 122 Å². The summed E-state index contributed by atoms with van der Waals surface area (Å²) in [6.07, 6.45) is 11.6. The first kappa shape index (κ1) is 17.2. The molecule has 1 N–H and O–H groups in total. The Morgan fingerprint density at radius 3 is 1.95 bits per heavy atom. The summed E-state index contributed by atoms with van der Waals surface area (Å²) in [5, 5.41) is 3.47. The van der Waals surface area contributed by atoms with Crippen LogP contribution >= 0.6 is 0 Å². The number of hydrogen-bond donors (Lipinski definition) is 1. The zero-order chi connectivity index (χ0) is 14.0. The molecule has 19 heavy (non-hydrogen) atoms. The van der Waals surface area contributed by atoms with Crippen LogP contribution in [0.15, 0.2) is 0 Å². The summed E-state index contributed by atoms with van der Waals surface area (Å²) < 4.78 is 2.81. The lowest BCUT2D eigenvalue weighted by atomic mass is 10.1. The molecule has 1 rings (SSSR count). The van der Waals surface area contributed by atoms with Crippen LogP contribution in [-0.2, 0) is 0 Å². The monoisotopic (exact) mass is 284 g/mol. The lowest BCUT2D eigenvalue weighted by molar-refractivity contribution is 0.357. The minimum Gasteiger partial charge on any atom is -0.321 e. The molecule has 0 aromatic heterocycles. The fourth-order valence-corrected chi connectivity index (χ4v) is 5.99. The van der Waals surface area contributed by atoms with Gasteiger partial charge < -0.3 is 9.88 Å². The highest BCUT2D eigenvalue weighted by atomic mass is 28.3. The van der Waals surface area contributed by atoms with Crippen molar-refractivity contribution in [1.29, 1.82) is 0 Å². The minimum atomic E-state index is -1.09. The van der Waals surface area contributed by atoms with Crippen LogP contribution in [0.25, 0.3) is 0 Å². The van der Waals surface area contributed by atoms with E-state index < -0.39 is 8.24 Å². The van der Waals surface area contributed by atoms with Gasteiger partial charge in [0.15, 0.2) is 0 Å². The molecule has 3 heteroatoms. The Hall–Kier alpha value is 0.137. The molecule has 0 radical (unpaired) electrons. The summed E-state index contributed by atoms with van der Waals surface area (Å²) >= 11 is 0. The highest BCUT2D eigenvalue weighted by Gasteiger charge is 2.29. The van der Waals surface area contributed by atoms with Crippen molar-refractivity contribution in [3.63, 3.8) is 0 Å². The Balaban J connectivity index is 2.00. The summed E-state index contributed by atoms with van der Waals surface area (Å²) in [7, 11) is -1.09. The summed E-state index contributed by atoms with van der Waals surface area (Å²) in [4.78, 5) is 0. The number of nitrogens with zero attached hydrogens (tertiary/aromatic N) is 1. The van der Waals surface area contributed by atoms with Gasteiger partial charge in [0.1, 0.15) is 8.24 Å². The quantitative estimate of drug-likeness (QED) is 0.477. The first-order valence-corrected chi connectivity index (χ1v) is 11.8. The van der Waals surface area contributed by atoms with Crippen LogP contribution in [0.1, 0.15) is 58.3 Å². The number of unbranched alkanes of at least 4 members (excludes halogenated alkanes) is 7. The molecule has 0 bridgehead atoms. The van der Waals surface area contributed by atoms with E-state index >= 15 is 0 Å². The Morgan fingerprint density at radius 2 is 1.37 bits per heavy atom. The Bertz CT molecular complexity index is 213. The maximum Gasteiger partial charge on any atom is 0.122 e. The fraction of sp³-hybridized carbons (Fsp3) is 1.00. The van der Waals surface area contributed by atoms with Gasteiger partial charge in [0.2, 0.25) is 0 Å². The average molecular weight is 285 g/mol. The molecule has 1 aliphatic rings. The standard InChI is InChI=1S/C16H36N2Si/c1-4-5-6-7-8-9-10-11-16-19(2,3)18-14-12-17-13-15-18/h17H,4-16H2,1-3H3. The predicted octanol–water partition coefficient (Wildman–Crippen LogP) is 4.24. The van der Waals surface area contributed by atoms with Gasteiger partial charge in [-0.1, -0.05) is 71.4 Å². The SMILES string of the molecule is CCCCCCCCCC[Si](C)(C)N1CCNCC1. The van der Waals surface area contributed by atoms with Crippen LogP contribution in [0.4, 0.5) is 0 Å². The van der Waals surface area contributed by atoms with Crippen molar-refractivity contribution in [3.8, 4) is 0 Å². The van der Waals surface area contributed by atoms with Crippen LogP contribution in [-0.4, -0.2) is 39.0 Å². The largest absolute Gasteiger partial charge is 0.321 e. The lowest BCUT2D eigenvalue weighted by Gasteiger charge is -2.40. The van der Waals surface area contributed by atoms with Gasteiger partial charge in [-0.25, -0.2) is 0 Å². The minimum absolute atomic E-state index is 1.09. The second-order valence-electron chi connectivity index (χ2n) is 6.77. The summed E-state index contributed by atoms with van der Waals surface area (Å²) in [5.41, 5.74) is 0. The fourth-order valence-electron chi connectivity index (χ4n) is 3.12. The van der Waals surface area contributed by atoms with Gasteiger partial charge in [0, 0.05) is 26.2 Å². The first-order valence-electron chi connectivity index (χ1n) is 8.62. The third-order valence-corrected chi connectivity index (χ3v) is 8.35. The maximum absolute atomic E-state index is 3.47. The van der Waals surface area contributed by atoms with Gasteiger partial charge in [-0.2, -0.15) is 0 Å². The van der Waals surface area contributed by atoms with Crippen LogP contribution in [0, 0.1) is 0 Å². The first-order chi connectivity index (χ1) is 9.17. The van der Waals surface area contributed by atoms with Gasteiger partial charge in [-0.05, 0) is 6.04 Å². The molecule has 0 amide bonds. The number of nitrogens with one attached hydrogen (secondary N) is 1. The van der Waals surface area contributed by atoms with Gasteiger partial charge in [-0.15, -0.1) is 0 Å². The lowest BCUT2D eigenvalue weighted by Crippen LogP contribution is -2.56. The smallest absolute Gasteiger partial charge is 0.122 e. The van der Waals surface area contributed by atoms with E-state index in [2.05, 4.69) is 29.9 Å². The molecule has 0 saturated carbocycles. The predicted molar refractivity (Wildman–Crippen MR) is 89.3 cm³/mol. The van der Waals surface area contributed by atoms with Crippen molar-refractivity contribution in [2.75, 3.05) is 26.2 Å². The maximum atomic E-state index is 3.47. The Morgan fingerprint density at radius 1 is 0.842 bits per heavy atom. The third-order valence-electron chi connectivity index (χ3n) is 4.62. The molecule has 0 unspecified atom stereocenters. The molecule has 0 aromatic rings. The number of rotatable bonds is 10. The molecule has 0 atom stereocenters. The summed E-state index contributed by atoms with van der Waals surface area (Å²) in [5.74, 6) is 0. The average Bonchev–Trinajstić information content (AvgIpc) is 2.43. The van der Waals surface area contributed by atoms with E-state index in [-0.39, 0.29) is 0 Å². The van der Waals surface area contributed by atoms with E-state index in [0.717, 1.165) is 0 Å². The molecule has 114 valence electrons. The molecule has 1 saturated heterocycles. The van der Waals surface area contributed by atoms with Crippen molar-refractivity contribution in [3.05, 3.63) is 0 Å². The second kappa shape index (κ2) is 9.95. The van der Waals surface area contributed by atoms with E-state index in [1.165, 1.54) is 83.6 Å². The van der Waals surface area contributed by atoms with E-state index in [1.54, 1.807) is 0 Å². The van der Waals surface area contributed by atoms with Crippen molar-refractivity contribution < 1.29 is 0 Å². The highest BCUT2D eigenvalue weighted by molar-refractivity contribution is 6.74. The summed E-state index contributed by atoms with van der Waals surface area (Å²) in [6, 6.07) is 1.50. The highest BCUT2D eigenvalue weighted by Crippen LogP contribution is 2.20. The number of piperazine rings is 1. The molecule has 0 spiro atoms. The zero-order valence-electron chi connectivity index (χ0n) is 13.6. The summed E-state index contributed by atoms with van der Waals surface area (Å²) in [6.45, 7) is 12.4. The van der Waals surface area contributed by atoms with Gasteiger partial charge >= 0.3 is 0 Å². The normalized spacial score (nSPS) is 17.8. The molecular weight excluding hydrogens is 248 g/mol. The van der Waals surface area contributed by atoms with E-state index in [9.17, 15) is 0 Å². The second-order valence-corrected chi connectivity index (χ2v) is 11.5. The van der Waals surface area contributed by atoms with Crippen LogP contribution < -0.4 is 5.32 Å². The molecule has 0 aliphatic carbocycles.